The highest BCUT2D eigenvalue weighted by molar-refractivity contribution is 5.93. The van der Waals surface area contributed by atoms with Gasteiger partial charge < -0.3 is 20.1 Å². The van der Waals surface area contributed by atoms with Gasteiger partial charge >= 0.3 is 6.18 Å². The molecule has 2 atom stereocenters. The number of rotatable bonds is 4. The monoisotopic (exact) mass is 445 g/mol. The summed E-state index contributed by atoms with van der Waals surface area (Å²) in [5.74, 6) is 0.586. The second kappa shape index (κ2) is 7.74. The molecule has 0 fully saturated rings. The maximum atomic E-state index is 13.9. The van der Waals surface area contributed by atoms with Gasteiger partial charge in [-0.1, -0.05) is 12.1 Å². The number of pyridine rings is 1. The Bertz CT molecular complexity index is 1150. The van der Waals surface area contributed by atoms with Gasteiger partial charge in [-0.05, 0) is 29.3 Å². The lowest BCUT2D eigenvalue weighted by Crippen LogP contribution is -2.35. The minimum atomic E-state index is -4.54. The fourth-order valence-electron chi connectivity index (χ4n) is 3.81. The van der Waals surface area contributed by atoms with Crippen LogP contribution in [0.15, 0.2) is 48.8 Å². The fraction of sp³-hybridized carbons (Fsp3) is 0.286. The van der Waals surface area contributed by atoms with Crippen LogP contribution < -0.4 is 20.1 Å². The molecule has 11 heteroatoms. The van der Waals surface area contributed by atoms with Gasteiger partial charge in [-0.3, -0.25) is 9.78 Å². The number of aromatic nitrogens is 3. The van der Waals surface area contributed by atoms with E-state index in [1.807, 2.05) is 0 Å². The number of amides is 1. The van der Waals surface area contributed by atoms with E-state index in [1.54, 1.807) is 42.7 Å². The summed E-state index contributed by atoms with van der Waals surface area (Å²) in [5, 5.41) is 9.68. The SMILES string of the molecule is O=C(NCc1cccnc1)c1cc2n(n1)[C@@H](C(F)(F)F)C[C@@H](c1ccc3c(c1)OCO3)N2. The van der Waals surface area contributed by atoms with Crippen LogP contribution in [0.1, 0.15) is 40.1 Å². The molecule has 0 saturated heterocycles. The maximum Gasteiger partial charge on any atom is 0.410 e. The summed E-state index contributed by atoms with van der Waals surface area (Å²) in [4.78, 5) is 16.5. The molecule has 32 heavy (non-hydrogen) atoms. The van der Waals surface area contributed by atoms with E-state index in [0.29, 0.717) is 17.1 Å². The van der Waals surface area contributed by atoms with Crippen LogP contribution >= 0.6 is 0 Å². The zero-order valence-corrected chi connectivity index (χ0v) is 16.6. The summed E-state index contributed by atoms with van der Waals surface area (Å²) in [6.07, 6.45) is -1.63. The molecule has 0 spiro atoms. The van der Waals surface area contributed by atoms with E-state index in [-0.39, 0.29) is 31.3 Å². The zero-order valence-electron chi connectivity index (χ0n) is 16.6. The maximum absolute atomic E-state index is 13.9. The Kier molecular flexibility index (Phi) is 4.87. The molecule has 4 heterocycles. The lowest BCUT2D eigenvalue weighted by atomic mass is 9.96. The Morgan fingerprint density at radius 2 is 2.06 bits per heavy atom. The van der Waals surface area contributed by atoms with Gasteiger partial charge in [0.05, 0.1) is 6.04 Å². The van der Waals surface area contributed by atoms with Crippen LogP contribution in [0.3, 0.4) is 0 Å². The normalized spacial score (nSPS) is 19.2. The van der Waals surface area contributed by atoms with Gasteiger partial charge in [0.2, 0.25) is 6.79 Å². The fourth-order valence-corrected chi connectivity index (χ4v) is 3.81. The predicted octanol–water partition coefficient (Wildman–Crippen LogP) is 3.60. The Morgan fingerprint density at radius 3 is 2.84 bits per heavy atom. The average Bonchev–Trinajstić information content (AvgIpc) is 3.43. The summed E-state index contributed by atoms with van der Waals surface area (Å²) < 4.78 is 53.1. The van der Waals surface area contributed by atoms with Crippen LogP contribution in [-0.2, 0) is 6.54 Å². The topological polar surface area (TPSA) is 90.3 Å². The Morgan fingerprint density at radius 1 is 1.22 bits per heavy atom. The summed E-state index contributed by atoms with van der Waals surface area (Å²) in [6, 6.07) is 7.35. The molecule has 2 aliphatic heterocycles. The van der Waals surface area contributed by atoms with Gasteiger partial charge in [0.15, 0.2) is 23.2 Å². The second-order valence-corrected chi connectivity index (χ2v) is 7.51. The van der Waals surface area contributed by atoms with Crippen LogP contribution in [0, 0.1) is 0 Å². The number of carbonyl (C=O) groups is 1. The van der Waals surface area contributed by atoms with Crippen molar-refractivity contribution in [2.24, 2.45) is 0 Å². The molecule has 0 aliphatic carbocycles. The minimum absolute atomic E-state index is 0.0757. The highest BCUT2D eigenvalue weighted by Gasteiger charge is 2.47. The number of carbonyl (C=O) groups excluding carboxylic acids is 1. The minimum Gasteiger partial charge on any atom is -0.454 e. The van der Waals surface area contributed by atoms with E-state index < -0.39 is 24.2 Å². The van der Waals surface area contributed by atoms with Crippen molar-refractivity contribution in [2.75, 3.05) is 12.1 Å². The number of nitrogens with zero attached hydrogens (tertiary/aromatic N) is 3. The highest BCUT2D eigenvalue weighted by atomic mass is 19.4. The van der Waals surface area contributed by atoms with Gasteiger partial charge in [0.1, 0.15) is 5.82 Å². The van der Waals surface area contributed by atoms with E-state index in [2.05, 4.69) is 20.7 Å². The quantitative estimate of drug-likeness (QED) is 0.638. The van der Waals surface area contributed by atoms with Crippen LogP contribution in [0.25, 0.3) is 0 Å². The first-order chi connectivity index (χ1) is 15.4. The first-order valence-electron chi connectivity index (χ1n) is 9.88. The molecule has 166 valence electrons. The molecule has 0 bridgehead atoms. The molecule has 2 aliphatic rings. The predicted molar refractivity (Wildman–Crippen MR) is 106 cm³/mol. The van der Waals surface area contributed by atoms with Crippen molar-refractivity contribution in [2.45, 2.75) is 31.2 Å². The molecule has 2 N–H and O–H groups in total. The third-order valence-corrected chi connectivity index (χ3v) is 5.40. The number of nitrogens with one attached hydrogen (secondary N) is 2. The summed E-state index contributed by atoms with van der Waals surface area (Å²) >= 11 is 0. The lowest BCUT2D eigenvalue weighted by Gasteiger charge is -2.33. The Balaban J connectivity index is 1.40. The van der Waals surface area contributed by atoms with Crippen LogP contribution in [0.2, 0.25) is 0 Å². The number of alkyl halides is 3. The number of benzene rings is 1. The Hall–Kier alpha value is -3.76. The summed E-state index contributed by atoms with van der Waals surface area (Å²) in [6.45, 7) is 0.261. The molecule has 1 amide bonds. The number of anilines is 1. The molecular formula is C21H18F3N5O3. The van der Waals surface area contributed by atoms with Crippen molar-refractivity contribution in [1.29, 1.82) is 0 Å². The molecule has 0 saturated carbocycles. The number of ether oxygens (including phenoxy) is 2. The smallest absolute Gasteiger partial charge is 0.410 e. The van der Waals surface area contributed by atoms with E-state index in [4.69, 9.17) is 9.47 Å². The number of hydrogen-bond donors (Lipinski definition) is 2. The average molecular weight is 445 g/mol. The van der Waals surface area contributed by atoms with Gasteiger partial charge in [-0.2, -0.15) is 18.3 Å². The lowest BCUT2D eigenvalue weighted by molar-refractivity contribution is -0.173. The van der Waals surface area contributed by atoms with E-state index >= 15 is 0 Å². The first-order valence-corrected chi connectivity index (χ1v) is 9.88. The largest absolute Gasteiger partial charge is 0.454 e. The molecule has 0 unspecified atom stereocenters. The molecule has 1 aromatic carbocycles. The van der Waals surface area contributed by atoms with Gasteiger partial charge in [0, 0.05) is 31.4 Å². The summed E-state index contributed by atoms with van der Waals surface area (Å²) in [7, 11) is 0. The van der Waals surface area contributed by atoms with E-state index in [9.17, 15) is 18.0 Å². The van der Waals surface area contributed by atoms with Gasteiger partial charge in [-0.25, -0.2) is 4.68 Å². The van der Waals surface area contributed by atoms with Crippen LogP contribution in [0.4, 0.5) is 19.0 Å². The molecule has 0 radical (unpaired) electrons. The van der Waals surface area contributed by atoms with Crippen molar-refractivity contribution in [1.82, 2.24) is 20.1 Å². The third kappa shape index (κ3) is 3.81. The highest BCUT2D eigenvalue weighted by Crippen LogP contribution is 2.45. The summed E-state index contributed by atoms with van der Waals surface area (Å²) in [5.41, 5.74) is 1.29. The molecule has 5 rings (SSSR count). The number of fused-ring (bicyclic) bond motifs is 2. The zero-order chi connectivity index (χ0) is 22.3. The van der Waals surface area contributed by atoms with Crippen molar-refractivity contribution in [3.05, 3.63) is 65.6 Å². The molecule has 2 aromatic heterocycles. The van der Waals surface area contributed by atoms with Crippen molar-refractivity contribution in [3.63, 3.8) is 0 Å². The number of halogens is 3. The molecule has 3 aromatic rings. The van der Waals surface area contributed by atoms with Crippen LogP contribution in [-0.4, -0.2) is 33.6 Å². The van der Waals surface area contributed by atoms with Gasteiger partial charge in [-0.15, -0.1) is 0 Å². The van der Waals surface area contributed by atoms with E-state index in [0.717, 1.165) is 10.2 Å². The van der Waals surface area contributed by atoms with E-state index in [1.165, 1.54) is 6.07 Å². The molecule has 8 nitrogen and oxygen atoms in total. The molecular weight excluding hydrogens is 427 g/mol. The van der Waals surface area contributed by atoms with Crippen molar-refractivity contribution < 1.29 is 27.4 Å². The number of hydrogen-bond acceptors (Lipinski definition) is 6. The van der Waals surface area contributed by atoms with Crippen LogP contribution in [0.5, 0.6) is 11.5 Å². The first kappa shape index (κ1) is 20.2. The van der Waals surface area contributed by atoms with Crippen molar-refractivity contribution >= 4 is 11.7 Å². The standard InChI is InChI=1S/C21H18F3N5O3/c22-21(23,24)18-7-14(13-3-4-16-17(6-13)32-11-31-16)27-19-8-15(28-29(18)19)20(30)26-10-12-2-1-5-25-9-12/h1-6,8-9,14,18,27H,7,10-11H2,(H,26,30)/t14-,18+/m0/s1. The van der Waals surface area contributed by atoms with Gasteiger partial charge in [0.25, 0.3) is 5.91 Å². The Labute approximate surface area is 180 Å². The third-order valence-electron chi connectivity index (χ3n) is 5.40. The second-order valence-electron chi connectivity index (χ2n) is 7.51. The van der Waals surface area contributed by atoms with Crippen molar-refractivity contribution in [3.8, 4) is 11.5 Å².